The summed E-state index contributed by atoms with van der Waals surface area (Å²) in [5, 5.41) is 3.06. The van der Waals surface area contributed by atoms with Gasteiger partial charge in [-0.3, -0.25) is 4.79 Å². The highest BCUT2D eigenvalue weighted by Crippen LogP contribution is 2.14. The zero-order valence-electron chi connectivity index (χ0n) is 9.24. The number of nitrogens with one attached hydrogen (secondary N) is 1. The number of carbonyl (C=O) groups is 1. The van der Waals surface area contributed by atoms with Gasteiger partial charge in [0.25, 0.3) is 0 Å². The average molecular weight is 208 g/mol. The molecule has 1 rings (SSSR count). The summed E-state index contributed by atoms with van der Waals surface area (Å²) in [5.41, 5.74) is 5.55. The Morgan fingerprint density at radius 2 is 2.20 bits per heavy atom. The SMILES string of the molecule is Cc1cc(NCC(C)(C)C(N)=O)ncn1. The third-order valence-electron chi connectivity index (χ3n) is 2.18. The van der Waals surface area contributed by atoms with Crippen LogP contribution in [0.5, 0.6) is 0 Å². The van der Waals surface area contributed by atoms with Gasteiger partial charge in [-0.25, -0.2) is 9.97 Å². The summed E-state index contributed by atoms with van der Waals surface area (Å²) in [6.07, 6.45) is 1.48. The Morgan fingerprint density at radius 1 is 1.53 bits per heavy atom. The monoisotopic (exact) mass is 208 g/mol. The molecule has 1 aromatic rings. The van der Waals surface area contributed by atoms with Crippen molar-refractivity contribution in [2.24, 2.45) is 11.1 Å². The Balaban J connectivity index is 2.61. The molecule has 0 saturated carbocycles. The van der Waals surface area contributed by atoms with E-state index in [0.29, 0.717) is 12.4 Å². The molecule has 0 saturated heterocycles. The first-order valence-electron chi connectivity index (χ1n) is 4.74. The molecule has 0 bridgehead atoms. The van der Waals surface area contributed by atoms with Gasteiger partial charge in [0.2, 0.25) is 5.91 Å². The predicted molar refractivity (Wildman–Crippen MR) is 58.2 cm³/mol. The van der Waals surface area contributed by atoms with Crippen molar-refractivity contribution in [1.82, 2.24) is 9.97 Å². The summed E-state index contributed by atoms with van der Waals surface area (Å²) in [4.78, 5) is 19.1. The second kappa shape index (κ2) is 4.25. The summed E-state index contributed by atoms with van der Waals surface area (Å²) >= 11 is 0. The predicted octanol–water partition coefficient (Wildman–Crippen LogP) is 0.708. The van der Waals surface area contributed by atoms with Crippen LogP contribution in [0, 0.1) is 12.3 Å². The van der Waals surface area contributed by atoms with Crippen molar-refractivity contribution in [2.45, 2.75) is 20.8 Å². The molecule has 0 radical (unpaired) electrons. The molecule has 0 spiro atoms. The zero-order chi connectivity index (χ0) is 11.5. The molecule has 15 heavy (non-hydrogen) atoms. The number of hydrogen-bond donors (Lipinski definition) is 2. The van der Waals surface area contributed by atoms with E-state index in [1.807, 2.05) is 13.0 Å². The summed E-state index contributed by atoms with van der Waals surface area (Å²) in [5.74, 6) is 0.373. The standard InChI is InChI=1S/C10H16N4O/c1-7-4-8(14-6-13-7)12-5-10(2,3)9(11)15/h4,6H,5H2,1-3H3,(H2,11,15)(H,12,13,14). The van der Waals surface area contributed by atoms with Crippen LogP contribution in [0.2, 0.25) is 0 Å². The summed E-state index contributed by atoms with van der Waals surface area (Å²) in [7, 11) is 0. The number of hydrogen-bond acceptors (Lipinski definition) is 4. The summed E-state index contributed by atoms with van der Waals surface area (Å²) < 4.78 is 0. The topological polar surface area (TPSA) is 80.9 Å². The number of rotatable bonds is 4. The molecule has 0 aliphatic heterocycles. The van der Waals surface area contributed by atoms with Crippen LogP contribution in [-0.2, 0) is 4.79 Å². The first-order chi connectivity index (χ1) is 6.92. The molecule has 5 nitrogen and oxygen atoms in total. The van der Waals surface area contributed by atoms with E-state index in [1.165, 1.54) is 6.33 Å². The van der Waals surface area contributed by atoms with Crippen LogP contribution < -0.4 is 11.1 Å². The highest BCUT2D eigenvalue weighted by molar-refractivity contribution is 5.80. The van der Waals surface area contributed by atoms with Gasteiger partial charge in [-0.15, -0.1) is 0 Å². The minimum Gasteiger partial charge on any atom is -0.369 e. The van der Waals surface area contributed by atoms with E-state index in [4.69, 9.17) is 5.73 Å². The van der Waals surface area contributed by atoms with E-state index in [0.717, 1.165) is 5.69 Å². The van der Waals surface area contributed by atoms with Gasteiger partial charge >= 0.3 is 0 Å². The lowest BCUT2D eigenvalue weighted by Crippen LogP contribution is -2.37. The van der Waals surface area contributed by atoms with Crippen LogP contribution in [0.15, 0.2) is 12.4 Å². The van der Waals surface area contributed by atoms with Gasteiger partial charge < -0.3 is 11.1 Å². The van der Waals surface area contributed by atoms with Crippen LogP contribution in [0.4, 0.5) is 5.82 Å². The van der Waals surface area contributed by atoms with E-state index in [1.54, 1.807) is 13.8 Å². The molecular formula is C10H16N4O. The maximum atomic E-state index is 11.1. The molecule has 0 aromatic carbocycles. The number of nitrogens with two attached hydrogens (primary N) is 1. The van der Waals surface area contributed by atoms with Crippen LogP contribution in [0.1, 0.15) is 19.5 Å². The first-order valence-corrected chi connectivity index (χ1v) is 4.74. The quantitative estimate of drug-likeness (QED) is 0.763. The largest absolute Gasteiger partial charge is 0.369 e. The van der Waals surface area contributed by atoms with Crippen molar-refractivity contribution in [2.75, 3.05) is 11.9 Å². The number of primary amides is 1. The number of amides is 1. The Morgan fingerprint density at radius 3 is 2.73 bits per heavy atom. The molecule has 1 aromatic heterocycles. The van der Waals surface area contributed by atoms with E-state index in [9.17, 15) is 4.79 Å². The van der Waals surface area contributed by atoms with Crippen molar-refractivity contribution in [3.63, 3.8) is 0 Å². The van der Waals surface area contributed by atoms with E-state index in [-0.39, 0.29) is 5.91 Å². The van der Waals surface area contributed by atoms with Gasteiger partial charge in [0.15, 0.2) is 0 Å². The third kappa shape index (κ3) is 3.19. The Bertz CT molecular complexity index is 362. The van der Waals surface area contributed by atoms with Gasteiger partial charge in [-0.1, -0.05) is 0 Å². The molecule has 82 valence electrons. The number of nitrogens with zero attached hydrogens (tertiary/aromatic N) is 2. The first kappa shape index (κ1) is 11.4. The lowest BCUT2D eigenvalue weighted by atomic mass is 9.93. The fourth-order valence-corrected chi connectivity index (χ4v) is 0.950. The van der Waals surface area contributed by atoms with Crippen molar-refractivity contribution in [1.29, 1.82) is 0 Å². The molecule has 0 unspecified atom stereocenters. The summed E-state index contributed by atoms with van der Waals surface area (Å²) in [6, 6.07) is 1.82. The molecule has 5 heteroatoms. The van der Waals surface area contributed by atoms with Gasteiger partial charge in [0, 0.05) is 18.3 Å². The Kier molecular flexibility index (Phi) is 3.24. The number of carbonyl (C=O) groups excluding carboxylic acids is 1. The smallest absolute Gasteiger partial charge is 0.224 e. The molecule has 1 heterocycles. The molecule has 3 N–H and O–H groups in total. The number of anilines is 1. The minimum atomic E-state index is -0.584. The molecule has 1 amide bonds. The number of aromatic nitrogens is 2. The van der Waals surface area contributed by atoms with Gasteiger partial charge in [0.1, 0.15) is 12.1 Å². The van der Waals surface area contributed by atoms with Crippen molar-refractivity contribution >= 4 is 11.7 Å². The Hall–Kier alpha value is -1.65. The molecular weight excluding hydrogens is 192 g/mol. The molecule has 0 aliphatic carbocycles. The lowest BCUT2D eigenvalue weighted by Gasteiger charge is -2.20. The highest BCUT2D eigenvalue weighted by atomic mass is 16.1. The van der Waals surface area contributed by atoms with Gasteiger partial charge in [-0.05, 0) is 20.8 Å². The van der Waals surface area contributed by atoms with E-state index < -0.39 is 5.41 Å². The fourth-order valence-electron chi connectivity index (χ4n) is 0.950. The highest BCUT2D eigenvalue weighted by Gasteiger charge is 2.24. The van der Waals surface area contributed by atoms with E-state index in [2.05, 4.69) is 15.3 Å². The zero-order valence-corrected chi connectivity index (χ0v) is 9.24. The second-order valence-corrected chi connectivity index (χ2v) is 4.15. The lowest BCUT2D eigenvalue weighted by molar-refractivity contribution is -0.125. The molecule has 0 aliphatic rings. The van der Waals surface area contributed by atoms with Crippen LogP contribution in [0.3, 0.4) is 0 Å². The average Bonchev–Trinajstić information content (AvgIpc) is 2.15. The number of aryl methyl sites for hydroxylation is 1. The van der Waals surface area contributed by atoms with Crippen molar-refractivity contribution < 1.29 is 4.79 Å². The molecule has 0 fully saturated rings. The van der Waals surface area contributed by atoms with Crippen LogP contribution >= 0.6 is 0 Å². The normalized spacial score (nSPS) is 11.1. The van der Waals surface area contributed by atoms with E-state index >= 15 is 0 Å². The Labute approximate surface area is 89.1 Å². The maximum Gasteiger partial charge on any atom is 0.224 e. The maximum absolute atomic E-state index is 11.1. The van der Waals surface area contributed by atoms with Crippen LogP contribution in [0.25, 0.3) is 0 Å². The third-order valence-corrected chi connectivity index (χ3v) is 2.18. The van der Waals surface area contributed by atoms with Crippen LogP contribution in [-0.4, -0.2) is 22.4 Å². The van der Waals surface area contributed by atoms with Crippen molar-refractivity contribution in [3.8, 4) is 0 Å². The molecule has 0 atom stereocenters. The van der Waals surface area contributed by atoms with Crippen molar-refractivity contribution in [3.05, 3.63) is 18.1 Å². The second-order valence-electron chi connectivity index (χ2n) is 4.15. The summed E-state index contributed by atoms with van der Waals surface area (Å²) in [6.45, 7) is 5.91. The fraction of sp³-hybridized carbons (Fsp3) is 0.500. The minimum absolute atomic E-state index is 0.333. The van der Waals surface area contributed by atoms with Gasteiger partial charge in [0.05, 0.1) is 5.41 Å². The van der Waals surface area contributed by atoms with Gasteiger partial charge in [-0.2, -0.15) is 0 Å².